The van der Waals surface area contributed by atoms with E-state index in [1.807, 2.05) is 30.3 Å². The lowest BCUT2D eigenvalue weighted by atomic mass is 9.92. The quantitative estimate of drug-likeness (QED) is 0.389. The number of aromatic nitrogens is 2. The van der Waals surface area contributed by atoms with Gasteiger partial charge in [0.25, 0.3) is 11.8 Å². The van der Waals surface area contributed by atoms with Crippen molar-refractivity contribution in [2.45, 2.75) is 12.0 Å². The summed E-state index contributed by atoms with van der Waals surface area (Å²) in [6.45, 7) is 0.0575. The second-order valence-electron chi connectivity index (χ2n) is 7.67. The second-order valence-corrected chi connectivity index (χ2v) is 8.11. The zero-order valence-corrected chi connectivity index (χ0v) is 18.7. The van der Waals surface area contributed by atoms with Gasteiger partial charge >= 0.3 is 0 Å². The standard InChI is InChI=1S/C25H23ClN4O3/c1-30(22-9-5-6-12-27-22)25(33)23(31)19(16-7-3-2-4-8-16)15-28-24(32)21-14-17-13-18(26)10-11-20(17)29-21/h2-14,19,23,29,31H,15H2,1H3,(H,28,32)/t19?,23-/m1/s1. The summed E-state index contributed by atoms with van der Waals surface area (Å²) in [5.41, 5.74) is 1.89. The maximum Gasteiger partial charge on any atom is 0.267 e. The van der Waals surface area contributed by atoms with Crippen LogP contribution in [0.5, 0.6) is 0 Å². The van der Waals surface area contributed by atoms with E-state index in [-0.39, 0.29) is 12.5 Å². The second kappa shape index (κ2) is 9.85. The Hall–Kier alpha value is -3.68. The molecule has 0 aliphatic carbocycles. The molecule has 2 aromatic heterocycles. The first-order valence-corrected chi connectivity index (χ1v) is 10.8. The molecule has 0 saturated heterocycles. The van der Waals surface area contributed by atoms with Gasteiger partial charge in [-0.3, -0.25) is 14.5 Å². The number of nitrogens with zero attached hydrogens (tertiary/aromatic N) is 2. The topological polar surface area (TPSA) is 98.3 Å². The minimum atomic E-state index is -1.39. The molecule has 0 radical (unpaired) electrons. The molecule has 2 heterocycles. The first kappa shape index (κ1) is 22.5. The molecule has 2 aromatic carbocycles. The van der Waals surface area contributed by atoms with Gasteiger partial charge in [-0.15, -0.1) is 0 Å². The van der Waals surface area contributed by atoms with Crippen molar-refractivity contribution in [3.63, 3.8) is 0 Å². The van der Waals surface area contributed by atoms with Crippen LogP contribution in [0.1, 0.15) is 22.0 Å². The Morgan fingerprint density at radius 3 is 2.58 bits per heavy atom. The Morgan fingerprint density at radius 2 is 1.85 bits per heavy atom. The largest absolute Gasteiger partial charge is 0.383 e. The van der Waals surface area contributed by atoms with Crippen LogP contribution in [-0.4, -0.2) is 46.6 Å². The Balaban J connectivity index is 1.53. The van der Waals surface area contributed by atoms with Crippen LogP contribution in [0.2, 0.25) is 5.02 Å². The van der Waals surface area contributed by atoms with Crippen molar-refractivity contribution in [3.05, 3.63) is 95.3 Å². The van der Waals surface area contributed by atoms with E-state index in [1.165, 1.54) is 4.90 Å². The third-order valence-electron chi connectivity index (χ3n) is 5.50. The van der Waals surface area contributed by atoms with Crippen LogP contribution < -0.4 is 10.2 Å². The molecule has 0 aliphatic rings. The molecule has 0 aliphatic heterocycles. The van der Waals surface area contributed by atoms with Gasteiger partial charge in [-0.2, -0.15) is 0 Å². The number of halogens is 1. The summed E-state index contributed by atoms with van der Waals surface area (Å²) in [5.74, 6) is -1.10. The highest BCUT2D eigenvalue weighted by atomic mass is 35.5. The van der Waals surface area contributed by atoms with Crippen molar-refractivity contribution >= 4 is 40.1 Å². The number of amides is 2. The minimum absolute atomic E-state index is 0.0575. The number of aliphatic hydroxyl groups excluding tert-OH is 1. The lowest BCUT2D eigenvalue weighted by Crippen LogP contribution is -2.44. The maximum absolute atomic E-state index is 13.0. The monoisotopic (exact) mass is 462 g/mol. The van der Waals surface area contributed by atoms with Crippen LogP contribution in [0, 0.1) is 0 Å². The number of aliphatic hydroxyl groups is 1. The van der Waals surface area contributed by atoms with Crippen molar-refractivity contribution in [1.82, 2.24) is 15.3 Å². The van der Waals surface area contributed by atoms with Gasteiger partial charge in [-0.25, -0.2) is 4.98 Å². The SMILES string of the molecule is CN(C(=O)[C@H](O)C(CNC(=O)c1cc2cc(Cl)ccc2[nH]1)c1ccccc1)c1ccccn1. The van der Waals surface area contributed by atoms with E-state index in [9.17, 15) is 14.7 Å². The van der Waals surface area contributed by atoms with Crippen molar-refractivity contribution in [2.75, 3.05) is 18.5 Å². The molecule has 33 heavy (non-hydrogen) atoms. The number of H-pyrrole nitrogens is 1. The van der Waals surface area contributed by atoms with E-state index in [0.717, 1.165) is 16.5 Å². The van der Waals surface area contributed by atoms with Crippen LogP contribution >= 0.6 is 11.6 Å². The smallest absolute Gasteiger partial charge is 0.267 e. The van der Waals surface area contributed by atoms with Gasteiger partial charge in [-0.1, -0.05) is 48.0 Å². The number of carbonyl (C=O) groups excluding carboxylic acids is 2. The number of fused-ring (bicyclic) bond motifs is 1. The molecule has 2 atom stereocenters. The number of hydrogen-bond acceptors (Lipinski definition) is 4. The van der Waals surface area contributed by atoms with Gasteiger partial charge in [-0.05, 0) is 42.0 Å². The predicted molar refractivity (Wildman–Crippen MR) is 128 cm³/mol. The van der Waals surface area contributed by atoms with Crippen molar-refractivity contribution in [3.8, 4) is 0 Å². The number of rotatable bonds is 7. The normalized spacial score (nSPS) is 12.8. The van der Waals surface area contributed by atoms with Crippen molar-refractivity contribution in [2.24, 2.45) is 0 Å². The first-order chi connectivity index (χ1) is 15.9. The number of anilines is 1. The van der Waals surface area contributed by atoms with E-state index in [2.05, 4.69) is 15.3 Å². The van der Waals surface area contributed by atoms with Gasteiger partial charge in [0.1, 0.15) is 17.6 Å². The fraction of sp³-hybridized carbons (Fsp3) is 0.160. The average molecular weight is 463 g/mol. The molecular formula is C25H23ClN4O3. The highest BCUT2D eigenvalue weighted by Gasteiger charge is 2.31. The molecule has 4 aromatic rings. The molecule has 0 bridgehead atoms. The third kappa shape index (κ3) is 5.05. The van der Waals surface area contributed by atoms with E-state index < -0.39 is 17.9 Å². The summed E-state index contributed by atoms with van der Waals surface area (Å²) >= 11 is 6.03. The van der Waals surface area contributed by atoms with Crippen molar-refractivity contribution in [1.29, 1.82) is 0 Å². The number of likely N-dealkylation sites (N-methyl/N-ethyl adjacent to an activating group) is 1. The molecule has 1 unspecified atom stereocenters. The molecule has 0 fully saturated rings. The summed E-state index contributed by atoms with van der Waals surface area (Å²) < 4.78 is 0. The van der Waals surface area contributed by atoms with Gasteiger partial charge in [0, 0.05) is 41.6 Å². The van der Waals surface area contributed by atoms with E-state index in [0.29, 0.717) is 16.5 Å². The molecule has 2 amide bonds. The molecular weight excluding hydrogens is 440 g/mol. The number of hydrogen-bond donors (Lipinski definition) is 3. The molecule has 0 saturated carbocycles. The number of pyridine rings is 1. The summed E-state index contributed by atoms with van der Waals surface area (Å²) in [4.78, 5) is 34.4. The summed E-state index contributed by atoms with van der Waals surface area (Å²) in [5, 5.41) is 15.2. The van der Waals surface area contributed by atoms with Crippen LogP contribution in [0.25, 0.3) is 10.9 Å². The van der Waals surface area contributed by atoms with E-state index in [1.54, 1.807) is 55.7 Å². The molecule has 8 heteroatoms. The van der Waals surface area contributed by atoms with Crippen LogP contribution in [0.3, 0.4) is 0 Å². The van der Waals surface area contributed by atoms with Gasteiger partial charge < -0.3 is 15.4 Å². The zero-order chi connectivity index (χ0) is 23.4. The lowest BCUT2D eigenvalue weighted by Gasteiger charge is -2.26. The van der Waals surface area contributed by atoms with E-state index in [4.69, 9.17) is 11.6 Å². The van der Waals surface area contributed by atoms with Crippen LogP contribution in [-0.2, 0) is 4.79 Å². The molecule has 7 nitrogen and oxygen atoms in total. The summed E-state index contributed by atoms with van der Waals surface area (Å²) in [6, 6.07) is 21.4. The Labute approximate surface area is 196 Å². The van der Waals surface area contributed by atoms with Gasteiger partial charge in [0.05, 0.1) is 0 Å². The molecule has 168 valence electrons. The summed E-state index contributed by atoms with van der Waals surface area (Å²) in [6.07, 6.45) is 0.190. The van der Waals surface area contributed by atoms with Crippen LogP contribution in [0.15, 0.2) is 79.0 Å². The Bertz CT molecular complexity index is 1260. The number of carbonyl (C=O) groups is 2. The molecule has 0 spiro atoms. The van der Waals surface area contributed by atoms with E-state index >= 15 is 0 Å². The number of aromatic amines is 1. The first-order valence-electron chi connectivity index (χ1n) is 10.4. The number of nitrogens with one attached hydrogen (secondary N) is 2. The average Bonchev–Trinajstić information content (AvgIpc) is 3.27. The van der Waals surface area contributed by atoms with Crippen molar-refractivity contribution < 1.29 is 14.7 Å². The molecule has 4 rings (SSSR count). The minimum Gasteiger partial charge on any atom is -0.383 e. The van der Waals surface area contributed by atoms with Crippen LogP contribution in [0.4, 0.5) is 5.82 Å². The Kier molecular flexibility index (Phi) is 6.72. The fourth-order valence-corrected chi connectivity index (χ4v) is 3.85. The zero-order valence-electron chi connectivity index (χ0n) is 17.9. The van der Waals surface area contributed by atoms with Gasteiger partial charge in [0.15, 0.2) is 0 Å². The lowest BCUT2D eigenvalue weighted by molar-refractivity contribution is -0.127. The number of benzene rings is 2. The maximum atomic E-state index is 13.0. The Morgan fingerprint density at radius 1 is 1.09 bits per heavy atom. The molecule has 3 N–H and O–H groups in total. The third-order valence-corrected chi connectivity index (χ3v) is 5.73. The fourth-order valence-electron chi connectivity index (χ4n) is 3.67. The highest BCUT2D eigenvalue weighted by molar-refractivity contribution is 6.31. The summed E-state index contributed by atoms with van der Waals surface area (Å²) in [7, 11) is 1.56. The predicted octanol–water partition coefficient (Wildman–Crippen LogP) is 3.75. The highest BCUT2D eigenvalue weighted by Crippen LogP contribution is 2.23. The van der Waals surface area contributed by atoms with Gasteiger partial charge in [0.2, 0.25) is 0 Å².